The number of nitrogens with one attached hydrogen (secondary N) is 1. The lowest BCUT2D eigenvalue weighted by Crippen LogP contribution is -2.43. The molecule has 1 N–H and O–H groups in total. The second-order valence-electron chi connectivity index (χ2n) is 6.70. The van der Waals surface area contributed by atoms with E-state index in [-0.39, 0.29) is 6.54 Å². The highest BCUT2D eigenvalue weighted by Gasteiger charge is 2.55. The van der Waals surface area contributed by atoms with Crippen LogP contribution in [-0.2, 0) is 14.4 Å². The third kappa shape index (κ3) is 3.56. The topological polar surface area (TPSA) is 94.4 Å². The van der Waals surface area contributed by atoms with Crippen molar-refractivity contribution in [1.29, 1.82) is 0 Å². The first-order valence-corrected chi connectivity index (χ1v) is 9.47. The molecule has 2 atom stereocenters. The van der Waals surface area contributed by atoms with E-state index in [0.29, 0.717) is 21.4 Å². The normalized spacial score (nSPS) is 20.4. The highest BCUT2D eigenvalue weighted by Crippen LogP contribution is 2.33. The van der Waals surface area contributed by atoms with Crippen LogP contribution in [-0.4, -0.2) is 41.4 Å². The molecule has 1 fully saturated rings. The Morgan fingerprint density at radius 2 is 1.93 bits per heavy atom. The number of carbonyl (C=O) groups is 3. The van der Waals surface area contributed by atoms with Gasteiger partial charge >= 0.3 is 0 Å². The van der Waals surface area contributed by atoms with Crippen LogP contribution >= 0.6 is 23.2 Å². The predicted octanol–water partition coefficient (Wildman–Crippen LogP) is 3.23. The summed E-state index contributed by atoms with van der Waals surface area (Å²) in [5.41, 5.74) is 1.71. The highest BCUT2D eigenvalue weighted by atomic mass is 35.5. The average molecular weight is 432 g/mol. The molecule has 2 heterocycles. The summed E-state index contributed by atoms with van der Waals surface area (Å²) in [5.74, 6) is -1.41. The largest absolute Gasteiger partial charge is 0.324 e. The van der Waals surface area contributed by atoms with Crippen molar-refractivity contribution >= 4 is 52.3 Å². The lowest BCUT2D eigenvalue weighted by molar-refractivity contribution is -0.123. The summed E-state index contributed by atoms with van der Waals surface area (Å²) in [6.07, 6.45) is 0. The Morgan fingerprint density at radius 3 is 2.66 bits per heavy atom. The van der Waals surface area contributed by atoms with E-state index in [4.69, 9.17) is 23.2 Å². The molecule has 0 bridgehead atoms. The van der Waals surface area contributed by atoms with Gasteiger partial charge in [0.05, 0.1) is 5.69 Å². The van der Waals surface area contributed by atoms with E-state index in [2.05, 4.69) is 15.7 Å². The van der Waals surface area contributed by atoms with E-state index in [0.717, 1.165) is 10.5 Å². The number of rotatable bonds is 4. The van der Waals surface area contributed by atoms with Crippen LogP contribution in [0.15, 0.2) is 52.8 Å². The fourth-order valence-electron chi connectivity index (χ4n) is 3.24. The second kappa shape index (κ2) is 7.46. The summed E-state index contributed by atoms with van der Waals surface area (Å²) < 4.78 is 0. The number of hydrogen-bond donors (Lipinski definition) is 1. The third-order valence-corrected chi connectivity index (χ3v) is 5.33. The molecule has 0 radical (unpaired) electrons. The van der Waals surface area contributed by atoms with Gasteiger partial charge in [0.1, 0.15) is 6.54 Å². The fraction of sp³-hybridized carbons (Fsp3) is 0.211. The molecule has 3 amide bonds. The maximum Gasteiger partial charge on any atom is 0.263 e. The monoisotopic (exact) mass is 431 g/mol. The molecule has 0 spiro atoms. The first kappa shape index (κ1) is 19.4. The van der Waals surface area contributed by atoms with Gasteiger partial charge in [0, 0.05) is 15.7 Å². The maximum absolute atomic E-state index is 12.9. The van der Waals surface area contributed by atoms with Crippen molar-refractivity contribution < 1.29 is 14.4 Å². The van der Waals surface area contributed by atoms with Crippen LogP contribution < -0.4 is 10.2 Å². The minimum Gasteiger partial charge on any atom is -0.324 e. The number of fused-ring (bicyclic) bond motifs is 1. The van der Waals surface area contributed by atoms with Crippen molar-refractivity contribution in [2.45, 2.75) is 19.0 Å². The molecule has 0 aliphatic carbocycles. The fourth-order valence-corrected chi connectivity index (χ4v) is 3.61. The molecule has 10 heteroatoms. The molecule has 1 saturated heterocycles. The molecule has 2 aliphatic rings. The standard InChI is InChI=1S/C19H15Cl2N5O3/c1-10-5-6-13(8-14(10)21)26-18(28)16-17(19(26)29)25(24-23-16)9-15(27)22-12-4-2-3-11(20)7-12/h2-8,16-17H,9H2,1H3,(H,22,27)/t16-,17-/m1/s1. The zero-order valence-electron chi connectivity index (χ0n) is 15.2. The van der Waals surface area contributed by atoms with Crippen LogP contribution in [0.25, 0.3) is 0 Å². The zero-order valence-corrected chi connectivity index (χ0v) is 16.7. The third-order valence-electron chi connectivity index (χ3n) is 4.69. The molecule has 0 aromatic heterocycles. The van der Waals surface area contributed by atoms with Crippen LogP contribution in [0.3, 0.4) is 0 Å². The maximum atomic E-state index is 12.9. The first-order valence-electron chi connectivity index (χ1n) is 8.72. The Bertz CT molecular complexity index is 1060. The predicted molar refractivity (Wildman–Crippen MR) is 108 cm³/mol. The Balaban J connectivity index is 1.50. The number of nitrogens with zero attached hydrogens (tertiary/aromatic N) is 4. The lowest BCUT2D eigenvalue weighted by atomic mass is 10.1. The molecule has 0 saturated carbocycles. The molecule has 8 nitrogen and oxygen atoms in total. The minimum absolute atomic E-state index is 0.237. The molecule has 29 heavy (non-hydrogen) atoms. The molecule has 148 valence electrons. The summed E-state index contributed by atoms with van der Waals surface area (Å²) in [6, 6.07) is 9.65. The molecule has 0 unspecified atom stereocenters. The molecule has 2 aromatic rings. The van der Waals surface area contributed by atoms with Crippen LogP contribution in [0.1, 0.15) is 5.56 Å². The smallest absolute Gasteiger partial charge is 0.263 e. The number of benzene rings is 2. The molecular formula is C19H15Cl2N5O3. The van der Waals surface area contributed by atoms with Crippen molar-refractivity contribution in [2.75, 3.05) is 16.8 Å². The van der Waals surface area contributed by atoms with E-state index in [1.54, 1.807) is 42.5 Å². The van der Waals surface area contributed by atoms with Crippen LogP contribution in [0, 0.1) is 6.92 Å². The Hall–Kier alpha value is -2.97. The van der Waals surface area contributed by atoms with Crippen molar-refractivity contribution in [3.8, 4) is 0 Å². The van der Waals surface area contributed by atoms with Crippen LogP contribution in [0.2, 0.25) is 10.0 Å². The quantitative estimate of drug-likeness (QED) is 0.751. The Kier molecular flexibility index (Phi) is 4.97. The van der Waals surface area contributed by atoms with Gasteiger partial charge in [-0.05, 0) is 42.8 Å². The van der Waals surface area contributed by atoms with Gasteiger partial charge in [0.25, 0.3) is 11.8 Å². The van der Waals surface area contributed by atoms with Gasteiger partial charge < -0.3 is 5.32 Å². The molecular weight excluding hydrogens is 417 g/mol. The number of amides is 3. The van der Waals surface area contributed by atoms with Gasteiger partial charge in [0.15, 0.2) is 12.1 Å². The average Bonchev–Trinajstić information content (AvgIpc) is 3.18. The zero-order chi connectivity index (χ0) is 20.7. The Morgan fingerprint density at radius 1 is 1.14 bits per heavy atom. The van der Waals surface area contributed by atoms with Crippen molar-refractivity contribution in [1.82, 2.24) is 5.01 Å². The summed E-state index contributed by atoms with van der Waals surface area (Å²) >= 11 is 12.0. The van der Waals surface area contributed by atoms with Gasteiger partial charge in [-0.25, -0.2) is 4.90 Å². The minimum atomic E-state index is -0.985. The molecule has 2 aromatic carbocycles. The Labute approximate surface area is 176 Å². The van der Waals surface area contributed by atoms with Gasteiger partial charge in [-0.1, -0.05) is 40.6 Å². The number of anilines is 2. The van der Waals surface area contributed by atoms with E-state index in [9.17, 15) is 14.4 Å². The number of aryl methyl sites for hydroxylation is 1. The molecule has 4 rings (SSSR count). The summed E-state index contributed by atoms with van der Waals surface area (Å²) in [6.45, 7) is 1.58. The number of halogens is 2. The van der Waals surface area contributed by atoms with Crippen molar-refractivity contribution in [3.05, 3.63) is 58.1 Å². The number of hydrogen-bond acceptors (Lipinski definition) is 6. The van der Waals surface area contributed by atoms with Crippen LogP contribution in [0.5, 0.6) is 0 Å². The van der Waals surface area contributed by atoms with Gasteiger partial charge in [-0.2, -0.15) is 5.11 Å². The van der Waals surface area contributed by atoms with E-state index in [1.807, 2.05) is 6.92 Å². The first-order chi connectivity index (χ1) is 13.8. The van der Waals surface area contributed by atoms with E-state index >= 15 is 0 Å². The van der Waals surface area contributed by atoms with Gasteiger partial charge in [-0.15, -0.1) is 0 Å². The van der Waals surface area contributed by atoms with Gasteiger partial charge in [0.2, 0.25) is 5.91 Å². The SMILES string of the molecule is Cc1ccc(N2C(=O)[C@@H]3N=NN(CC(=O)Nc4cccc(Cl)c4)[C@H]3C2=O)cc1Cl. The summed E-state index contributed by atoms with van der Waals surface area (Å²) in [4.78, 5) is 39.1. The second-order valence-corrected chi connectivity index (χ2v) is 7.54. The summed E-state index contributed by atoms with van der Waals surface area (Å²) in [7, 11) is 0. The van der Waals surface area contributed by atoms with Crippen LogP contribution in [0.4, 0.5) is 11.4 Å². The highest BCUT2D eigenvalue weighted by molar-refractivity contribution is 6.32. The van der Waals surface area contributed by atoms with Crippen molar-refractivity contribution in [2.24, 2.45) is 10.3 Å². The van der Waals surface area contributed by atoms with Crippen molar-refractivity contribution in [3.63, 3.8) is 0 Å². The number of carbonyl (C=O) groups excluding carboxylic acids is 3. The molecule has 2 aliphatic heterocycles. The summed E-state index contributed by atoms with van der Waals surface area (Å²) in [5, 5.41) is 12.6. The van der Waals surface area contributed by atoms with E-state index < -0.39 is 29.8 Å². The lowest BCUT2D eigenvalue weighted by Gasteiger charge is -2.20. The van der Waals surface area contributed by atoms with Gasteiger partial charge in [-0.3, -0.25) is 19.4 Å². The van der Waals surface area contributed by atoms with E-state index in [1.165, 1.54) is 5.01 Å². The number of imide groups is 1.